The molecule has 2 fully saturated rings. The Balaban J connectivity index is 1.53. The molecule has 0 saturated carbocycles. The van der Waals surface area contributed by atoms with Crippen molar-refractivity contribution < 1.29 is 19.2 Å². The van der Waals surface area contributed by atoms with Crippen LogP contribution in [0.3, 0.4) is 0 Å². The molecule has 1 unspecified atom stereocenters. The van der Waals surface area contributed by atoms with Crippen molar-refractivity contribution in [3.63, 3.8) is 0 Å². The molecule has 2 saturated heterocycles. The largest absolute Gasteiger partial charge is 0.356 e. The van der Waals surface area contributed by atoms with Gasteiger partial charge in [-0.3, -0.25) is 19.3 Å². The number of likely N-dealkylation sites (tertiary alicyclic amines) is 1. The minimum Gasteiger partial charge on any atom is -0.356 e. The summed E-state index contributed by atoms with van der Waals surface area (Å²) in [5.74, 6) is -0.747. The maximum absolute atomic E-state index is 13.0. The van der Waals surface area contributed by atoms with Gasteiger partial charge in [-0.25, -0.2) is 4.79 Å². The number of piperidine rings is 1. The molecule has 8 nitrogen and oxygen atoms in total. The van der Waals surface area contributed by atoms with E-state index in [2.05, 4.69) is 17.6 Å². The Morgan fingerprint density at radius 3 is 2.41 bits per heavy atom. The lowest BCUT2D eigenvalue weighted by atomic mass is 9.91. The predicted molar refractivity (Wildman–Crippen MR) is 121 cm³/mol. The number of imide groups is 1. The number of carbonyl (C=O) groups is 4. The molecule has 0 radical (unpaired) electrons. The Bertz CT molecular complexity index is 861. The fourth-order valence-corrected chi connectivity index (χ4v) is 4.28. The molecule has 2 aliphatic heterocycles. The Morgan fingerprint density at radius 1 is 1.12 bits per heavy atom. The van der Waals surface area contributed by atoms with Gasteiger partial charge in [-0.2, -0.15) is 0 Å². The lowest BCUT2D eigenvalue weighted by molar-refractivity contribution is -0.140. The van der Waals surface area contributed by atoms with Crippen molar-refractivity contribution in [2.75, 3.05) is 26.2 Å². The zero-order valence-electron chi connectivity index (χ0n) is 19.3. The highest BCUT2D eigenvalue weighted by molar-refractivity contribution is 6.09. The molecule has 174 valence electrons. The number of urea groups is 1. The van der Waals surface area contributed by atoms with Crippen LogP contribution in [0.1, 0.15) is 57.1 Å². The maximum atomic E-state index is 13.0. The summed E-state index contributed by atoms with van der Waals surface area (Å²) < 4.78 is 0. The van der Waals surface area contributed by atoms with Crippen molar-refractivity contribution in [1.82, 2.24) is 20.4 Å². The van der Waals surface area contributed by atoms with Crippen molar-refractivity contribution in [2.24, 2.45) is 5.92 Å². The summed E-state index contributed by atoms with van der Waals surface area (Å²) >= 11 is 0. The summed E-state index contributed by atoms with van der Waals surface area (Å²) in [4.78, 5) is 53.3. The smallest absolute Gasteiger partial charge is 0.325 e. The number of nitrogens with one attached hydrogen (secondary N) is 2. The fraction of sp³-hybridized carbons (Fsp3) is 0.583. The van der Waals surface area contributed by atoms with Gasteiger partial charge in [0.25, 0.3) is 5.91 Å². The highest BCUT2D eigenvalue weighted by Gasteiger charge is 2.49. The average Bonchev–Trinajstić information content (AvgIpc) is 3.00. The number of rotatable bonds is 8. The number of unbranched alkanes of at least 4 members (excludes halogenated alkanes) is 2. The minimum absolute atomic E-state index is 0.0520. The first-order valence-electron chi connectivity index (χ1n) is 11.5. The van der Waals surface area contributed by atoms with Gasteiger partial charge in [-0.15, -0.1) is 0 Å². The van der Waals surface area contributed by atoms with Gasteiger partial charge in [-0.1, -0.05) is 49.6 Å². The van der Waals surface area contributed by atoms with Crippen LogP contribution in [0.15, 0.2) is 24.3 Å². The molecule has 0 bridgehead atoms. The standard InChI is InChI=1S/C24H34N4O4/c1-4-5-6-13-25-21(30)18-11-14-27(15-12-18)20(29)16-28-22(31)24(3,26-23(28)32)19-9-7-17(2)8-10-19/h7-10,18H,4-6,11-16H2,1-3H3,(H,25,30)(H,26,32). The van der Waals surface area contributed by atoms with Crippen LogP contribution in [0.5, 0.6) is 0 Å². The highest BCUT2D eigenvalue weighted by Crippen LogP contribution is 2.29. The summed E-state index contributed by atoms with van der Waals surface area (Å²) in [5.41, 5.74) is 0.551. The molecule has 0 aromatic heterocycles. The van der Waals surface area contributed by atoms with Crippen LogP contribution in [0.2, 0.25) is 0 Å². The summed E-state index contributed by atoms with van der Waals surface area (Å²) in [7, 11) is 0. The SMILES string of the molecule is CCCCCNC(=O)C1CCN(C(=O)CN2C(=O)NC(C)(c3ccc(C)cc3)C2=O)CC1. The Hall–Kier alpha value is -2.90. The van der Waals surface area contributed by atoms with Gasteiger partial charge in [-0.05, 0) is 38.7 Å². The molecule has 2 heterocycles. The van der Waals surface area contributed by atoms with Gasteiger partial charge in [0, 0.05) is 25.6 Å². The van der Waals surface area contributed by atoms with Gasteiger partial charge < -0.3 is 15.5 Å². The lowest BCUT2D eigenvalue weighted by Crippen LogP contribution is -2.48. The Labute approximate surface area is 189 Å². The number of hydrogen-bond acceptors (Lipinski definition) is 4. The van der Waals surface area contributed by atoms with Crippen LogP contribution in [0.25, 0.3) is 0 Å². The van der Waals surface area contributed by atoms with Crippen LogP contribution in [-0.4, -0.2) is 59.7 Å². The van der Waals surface area contributed by atoms with E-state index < -0.39 is 17.5 Å². The normalized spacial score (nSPS) is 21.6. The Kier molecular flexibility index (Phi) is 7.53. The van der Waals surface area contributed by atoms with E-state index in [9.17, 15) is 19.2 Å². The van der Waals surface area contributed by atoms with E-state index in [4.69, 9.17) is 0 Å². The summed E-state index contributed by atoms with van der Waals surface area (Å²) in [6, 6.07) is 6.84. The van der Waals surface area contributed by atoms with Crippen LogP contribution < -0.4 is 10.6 Å². The summed E-state index contributed by atoms with van der Waals surface area (Å²) in [6.07, 6.45) is 4.36. The van der Waals surface area contributed by atoms with E-state index in [1.165, 1.54) is 0 Å². The molecule has 8 heteroatoms. The molecule has 5 amide bonds. The second-order valence-corrected chi connectivity index (χ2v) is 8.97. The van der Waals surface area contributed by atoms with Crippen LogP contribution in [0, 0.1) is 12.8 Å². The van der Waals surface area contributed by atoms with E-state index in [-0.39, 0.29) is 24.3 Å². The van der Waals surface area contributed by atoms with E-state index >= 15 is 0 Å². The second-order valence-electron chi connectivity index (χ2n) is 8.97. The Morgan fingerprint density at radius 2 is 1.78 bits per heavy atom. The van der Waals surface area contributed by atoms with E-state index in [0.29, 0.717) is 38.0 Å². The molecule has 1 aromatic rings. The van der Waals surface area contributed by atoms with Crippen molar-refractivity contribution >= 4 is 23.8 Å². The van der Waals surface area contributed by atoms with E-state index in [1.54, 1.807) is 11.8 Å². The van der Waals surface area contributed by atoms with Crippen LogP contribution in [-0.2, 0) is 19.9 Å². The number of benzene rings is 1. The molecule has 1 atom stereocenters. The van der Waals surface area contributed by atoms with Gasteiger partial charge in [0.05, 0.1) is 0 Å². The monoisotopic (exact) mass is 442 g/mol. The van der Waals surface area contributed by atoms with Gasteiger partial charge in [0.2, 0.25) is 11.8 Å². The molecule has 0 aliphatic carbocycles. The van der Waals surface area contributed by atoms with Crippen molar-refractivity contribution in [3.05, 3.63) is 35.4 Å². The quantitative estimate of drug-likeness (QED) is 0.477. The van der Waals surface area contributed by atoms with Gasteiger partial charge >= 0.3 is 6.03 Å². The summed E-state index contributed by atoms with van der Waals surface area (Å²) in [6.45, 7) is 7.03. The number of nitrogens with zero attached hydrogens (tertiary/aromatic N) is 2. The molecule has 1 aromatic carbocycles. The molecule has 2 N–H and O–H groups in total. The van der Waals surface area contributed by atoms with Gasteiger partial charge in [0.15, 0.2) is 0 Å². The third-order valence-electron chi connectivity index (χ3n) is 6.50. The van der Waals surface area contributed by atoms with Crippen LogP contribution in [0.4, 0.5) is 4.79 Å². The van der Waals surface area contributed by atoms with Crippen LogP contribution >= 0.6 is 0 Å². The second kappa shape index (κ2) is 10.1. The van der Waals surface area contributed by atoms with E-state index in [0.717, 1.165) is 29.7 Å². The topological polar surface area (TPSA) is 98.8 Å². The molecular formula is C24H34N4O4. The fourth-order valence-electron chi connectivity index (χ4n) is 4.28. The first-order chi connectivity index (χ1) is 15.3. The van der Waals surface area contributed by atoms with Crippen molar-refractivity contribution in [1.29, 1.82) is 0 Å². The predicted octanol–water partition coefficient (Wildman–Crippen LogP) is 2.31. The van der Waals surface area contributed by atoms with Gasteiger partial charge in [0.1, 0.15) is 12.1 Å². The number of aryl methyl sites for hydroxylation is 1. The molecule has 3 rings (SSSR count). The van der Waals surface area contributed by atoms with E-state index in [1.807, 2.05) is 31.2 Å². The highest BCUT2D eigenvalue weighted by atomic mass is 16.2. The lowest BCUT2D eigenvalue weighted by Gasteiger charge is -2.32. The third kappa shape index (κ3) is 5.11. The maximum Gasteiger partial charge on any atom is 0.325 e. The minimum atomic E-state index is -1.19. The molecular weight excluding hydrogens is 408 g/mol. The zero-order valence-corrected chi connectivity index (χ0v) is 19.3. The average molecular weight is 443 g/mol. The summed E-state index contributed by atoms with van der Waals surface area (Å²) in [5, 5.41) is 5.72. The number of hydrogen-bond donors (Lipinski definition) is 2. The zero-order chi connectivity index (χ0) is 23.3. The third-order valence-corrected chi connectivity index (χ3v) is 6.50. The molecule has 2 aliphatic rings. The molecule has 32 heavy (non-hydrogen) atoms. The first-order valence-corrected chi connectivity index (χ1v) is 11.5. The molecule has 0 spiro atoms. The van der Waals surface area contributed by atoms with Crippen molar-refractivity contribution in [3.8, 4) is 0 Å². The number of carbonyl (C=O) groups excluding carboxylic acids is 4. The van der Waals surface area contributed by atoms with Crippen molar-refractivity contribution in [2.45, 2.75) is 58.4 Å². The first kappa shape index (κ1) is 23.8. The number of amides is 5.